The Morgan fingerprint density at radius 1 is 1.31 bits per heavy atom. The van der Waals surface area contributed by atoms with Gasteiger partial charge in [-0.2, -0.15) is 5.10 Å². The summed E-state index contributed by atoms with van der Waals surface area (Å²) in [5, 5.41) is 4.62. The summed E-state index contributed by atoms with van der Waals surface area (Å²) in [7, 11) is 0. The van der Waals surface area contributed by atoms with Gasteiger partial charge in [-0.1, -0.05) is 11.6 Å². The maximum atomic E-state index is 11.5. The number of anilines is 1. The van der Waals surface area contributed by atoms with Crippen LogP contribution in [0.5, 0.6) is 11.5 Å². The zero-order chi connectivity index (χ0) is 19.1. The van der Waals surface area contributed by atoms with E-state index in [0.29, 0.717) is 28.7 Å². The minimum atomic E-state index is -0.470. The SMILES string of the molecule is CCOC(=O)COc1cc(Cl)c(C=Nn2cc(C)nc2N)cc1OCC. The number of hydrogen-bond acceptors (Lipinski definition) is 7. The van der Waals surface area contributed by atoms with Gasteiger partial charge in [0.15, 0.2) is 18.1 Å². The lowest BCUT2D eigenvalue weighted by Gasteiger charge is -2.13. The minimum Gasteiger partial charge on any atom is -0.490 e. The molecule has 2 rings (SSSR count). The van der Waals surface area contributed by atoms with Gasteiger partial charge in [-0.15, -0.1) is 0 Å². The highest BCUT2D eigenvalue weighted by Crippen LogP contribution is 2.33. The van der Waals surface area contributed by atoms with Crippen LogP contribution in [0.4, 0.5) is 5.95 Å². The first kappa shape index (κ1) is 19.6. The van der Waals surface area contributed by atoms with Gasteiger partial charge in [0.2, 0.25) is 5.95 Å². The van der Waals surface area contributed by atoms with Crippen molar-refractivity contribution in [2.75, 3.05) is 25.6 Å². The van der Waals surface area contributed by atoms with Gasteiger partial charge >= 0.3 is 5.97 Å². The molecule has 0 spiro atoms. The molecule has 0 saturated carbocycles. The molecule has 0 aliphatic heterocycles. The third kappa shape index (κ3) is 5.13. The van der Waals surface area contributed by atoms with Crippen molar-refractivity contribution in [1.82, 2.24) is 9.66 Å². The molecule has 0 aliphatic carbocycles. The first-order chi connectivity index (χ1) is 12.4. The molecule has 2 N–H and O–H groups in total. The molecule has 1 aromatic heterocycles. The van der Waals surface area contributed by atoms with Gasteiger partial charge in [0.25, 0.3) is 0 Å². The number of nitrogens with two attached hydrogens (primary N) is 1. The van der Waals surface area contributed by atoms with Crippen molar-refractivity contribution in [1.29, 1.82) is 0 Å². The van der Waals surface area contributed by atoms with E-state index in [-0.39, 0.29) is 19.2 Å². The van der Waals surface area contributed by atoms with Gasteiger partial charge in [0.05, 0.1) is 36.3 Å². The molecular weight excluding hydrogens is 360 g/mol. The Morgan fingerprint density at radius 3 is 2.65 bits per heavy atom. The summed E-state index contributed by atoms with van der Waals surface area (Å²) in [4.78, 5) is 15.5. The Labute approximate surface area is 156 Å². The molecule has 8 nitrogen and oxygen atoms in total. The van der Waals surface area contributed by atoms with E-state index in [2.05, 4.69) is 10.1 Å². The summed E-state index contributed by atoms with van der Waals surface area (Å²) >= 11 is 6.29. The van der Waals surface area contributed by atoms with Gasteiger partial charge < -0.3 is 19.9 Å². The van der Waals surface area contributed by atoms with Crippen LogP contribution in [-0.4, -0.2) is 41.7 Å². The van der Waals surface area contributed by atoms with Crippen molar-refractivity contribution < 1.29 is 19.0 Å². The Bertz CT molecular complexity index is 804. The Hall–Kier alpha value is -2.74. The molecule has 0 aliphatic rings. The van der Waals surface area contributed by atoms with Gasteiger partial charge in [0, 0.05) is 11.6 Å². The highest BCUT2D eigenvalue weighted by atomic mass is 35.5. The van der Waals surface area contributed by atoms with Crippen LogP contribution >= 0.6 is 11.6 Å². The standard InChI is InChI=1S/C17H21ClN4O4/c1-4-24-14-6-12(8-20-22-9-11(3)21-17(22)19)13(18)7-15(14)26-10-16(23)25-5-2/h6-9H,4-5,10H2,1-3H3,(H2,19,21). The summed E-state index contributed by atoms with van der Waals surface area (Å²) in [6, 6.07) is 3.24. The van der Waals surface area contributed by atoms with Gasteiger partial charge in [0.1, 0.15) is 0 Å². The number of nitrogen functional groups attached to an aromatic ring is 1. The molecule has 1 aromatic carbocycles. The van der Waals surface area contributed by atoms with Crippen molar-refractivity contribution in [3.63, 3.8) is 0 Å². The van der Waals surface area contributed by atoms with Crippen LogP contribution in [0, 0.1) is 6.92 Å². The Kier molecular flexibility index (Phi) is 6.85. The van der Waals surface area contributed by atoms with E-state index in [9.17, 15) is 4.79 Å². The first-order valence-corrected chi connectivity index (χ1v) is 8.43. The predicted octanol–water partition coefficient (Wildman–Crippen LogP) is 2.65. The number of halogens is 1. The van der Waals surface area contributed by atoms with Crippen LogP contribution in [0.3, 0.4) is 0 Å². The molecule has 0 radical (unpaired) electrons. The van der Waals surface area contributed by atoms with Gasteiger partial charge in [-0.3, -0.25) is 0 Å². The fourth-order valence-electron chi connectivity index (χ4n) is 2.09. The minimum absolute atomic E-state index is 0.234. The number of carbonyl (C=O) groups excluding carboxylic acids is 1. The van der Waals surface area contributed by atoms with E-state index < -0.39 is 5.97 Å². The third-order valence-electron chi connectivity index (χ3n) is 3.17. The molecule has 0 bridgehead atoms. The normalized spacial score (nSPS) is 10.9. The average Bonchev–Trinajstić information content (AvgIpc) is 2.91. The predicted molar refractivity (Wildman–Crippen MR) is 99.1 cm³/mol. The highest BCUT2D eigenvalue weighted by molar-refractivity contribution is 6.33. The fraction of sp³-hybridized carbons (Fsp3) is 0.353. The van der Waals surface area contributed by atoms with Crippen LogP contribution in [0.15, 0.2) is 23.4 Å². The van der Waals surface area contributed by atoms with Gasteiger partial charge in [-0.05, 0) is 26.8 Å². The molecule has 0 unspecified atom stereocenters. The number of ether oxygens (including phenoxy) is 3. The molecule has 0 fully saturated rings. The number of rotatable bonds is 8. The maximum Gasteiger partial charge on any atom is 0.344 e. The molecule has 0 atom stereocenters. The number of benzene rings is 1. The molecule has 9 heteroatoms. The second-order valence-electron chi connectivity index (χ2n) is 5.18. The summed E-state index contributed by atoms with van der Waals surface area (Å²) < 4.78 is 17.3. The number of esters is 1. The quantitative estimate of drug-likeness (QED) is 0.558. The zero-order valence-corrected chi connectivity index (χ0v) is 15.6. The number of hydrogen-bond donors (Lipinski definition) is 1. The summed E-state index contributed by atoms with van der Waals surface area (Å²) in [5.41, 5.74) is 7.11. The molecule has 2 aromatic rings. The lowest BCUT2D eigenvalue weighted by Crippen LogP contribution is -2.15. The van der Waals surface area contributed by atoms with Crippen molar-refractivity contribution in [3.05, 3.63) is 34.6 Å². The van der Waals surface area contributed by atoms with E-state index in [1.54, 1.807) is 25.3 Å². The topological polar surface area (TPSA) is 101 Å². The molecule has 26 heavy (non-hydrogen) atoms. The summed E-state index contributed by atoms with van der Waals surface area (Å²) in [6.07, 6.45) is 3.23. The maximum absolute atomic E-state index is 11.5. The monoisotopic (exact) mass is 380 g/mol. The molecular formula is C17H21ClN4O4. The summed E-state index contributed by atoms with van der Waals surface area (Å²) in [5.74, 6) is 0.592. The van der Waals surface area contributed by atoms with Crippen molar-refractivity contribution >= 4 is 29.7 Å². The zero-order valence-electron chi connectivity index (χ0n) is 14.9. The van der Waals surface area contributed by atoms with Crippen LogP contribution in [-0.2, 0) is 9.53 Å². The number of carbonyl (C=O) groups is 1. The van der Waals surface area contributed by atoms with E-state index in [1.165, 1.54) is 10.9 Å². The van der Waals surface area contributed by atoms with Crippen LogP contribution in [0.25, 0.3) is 0 Å². The van der Waals surface area contributed by atoms with Gasteiger partial charge in [-0.25, -0.2) is 14.5 Å². The largest absolute Gasteiger partial charge is 0.490 e. The molecule has 0 saturated heterocycles. The molecule has 1 heterocycles. The van der Waals surface area contributed by atoms with Crippen molar-refractivity contribution in [3.8, 4) is 11.5 Å². The second-order valence-corrected chi connectivity index (χ2v) is 5.58. The van der Waals surface area contributed by atoms with Crippen molar-refractivity contribution in [2.24, 2.45) is 5.10 Å². The summed E-state index contributed by atoms with van der Waals surface area (Å²) in [6.45, 7) is 5.85. The van der Waals surface area contributed by atoms with Crippen LogP contribution in [0.2, 0.25) is 5.02 Å². The lowest BCUT2D eigenvalue weighted by atomic mass is 10.2. The van der Waals surface area contributed by atoms with Crippen molar-refractivity contribution in [2.45, 2.75) is 20.8 Å². The smallest absolute Gasteiger partial charge is 0.344 e. The van der Waals surface area contributed by atoms with E-state index in [1.807, 2.05) is 13.8 Å². The van der Waals surface area contributed by atoms with E-state index >= 15 is 0 Å². The molecule has 140 valence electrons. The fourth-order valence-corrected chi connectivity index (χ4v) is 2.29. The molecule has 0 amide bonds. The van der Waals surface area contributed by atoms with Crippen LogP contribution in [0.1, 0.15) is 25.1 Å². The number of imidazole rings is 1. The Balaban J connectivity index is 2.24. The number of nitrogens with zero attached hydrogens (tertiary/aromatic N) is 3. The lowest BCUT2D eigenvalue weighted by molar-refractivity contribution is -0.145. The average molecular weight is 381 g/mol. The third-order valence-corrected chi connectivity index (χ3v) is 3.50. The number of aryl methyl sites for hydroxylation is 1. The van der Waals surface area contributed by atoms with Crippen LogP contribution < -0.4 is 15.2 Å². The second kappa shape index (κ2) is 9.10. The first-order valence-electron chi connectivity index (χ1n) is 8.05. The van der Waals surface area contributed by atoms with E-state index in [4.69, 9.17) is 31.5 Å². The highest BCUT2D eigenvalue weighted by Gasteiger charge is 2.13. The Morgan fingerprint density at radius 2 is 2.04 bits per heavy atom. The van der Waals surface area contributed by atoms with E-state index in [0.717, 1.165) is 5.69 Å². The number of aromatic nitrogens is 2.